The Bertz CT molecular complexity index is 1100. The lowest BCUT2D eigenvalue weighted by Crippen LogP contribution is -2.35. The van der Waals surface area contributed by atoms with Gasteiger partial charge >= 0.3 is 0 Å². The van der Waals surface area contributed by atoms with Gasteiger partial charge in [0, 0.05) is 32.0 Å². The maximum Gasteiger partial charge on any atom is 0.244 e. The van der Waals surface area contributed by atoms with Crippen molar-refractivity contribution in [3.63, 3.8) is 0 Å². The molecule has 2 aliphatic heterocycles. The lowest BCUT2D eigenvalue weighted by Gasteiger charge is -2.21. The van der Waals surface area contributed by atoms with Crippen LogP contribution in [0.15, 0.2) is 41.4 Å². The van der Waals surface area contributed by atoms with E-state index >= 15 is 0 Å². The predicted octanol–water partition coefficient (Wildman–Crippen LogP) is 1.75. The summed E-state index contributed by atoms with van der Waals surface area (Å²) < 4.78 is 27.1. The Hall–Kier alpha value is -2.80. The molecule has 2 aliphatic rings. The highest BCUT2D eigenvalue weighted by Gasteiger charge is 2.33. The summed E-state index contributed by atoms with van der Waals surface area (Å²) in [5, 5.41) is 11.9. The second kappa shape index (κ2) is 8.14. The molecule has 0 aliphatic carbocycles. The topological polar surface area (TPSA) is 106 Å². The first-order valence-electron chi connectivity index (χ1n) is 9.90. The molecule has 30 heavy (non-hydrogen) atoms. The van der Waals surface area contributed by atoms with Crippen molar-refractivity contribution in [3.05, 3.63) is 53.3 Å². The van der Waals surface area contributed by atoms with Crippen LogP contribution in [0.4, 0.5) is 5.69 Å². The highest BCUT2D eigenvalue weighted by molar-refractivity contribution is 7.89. The van der Waals surface area contributed by atoms with Gasteiger partial charge in [0.15, 0.2) is 0 Å². The molecule has 1 saturated heterocycles. The van der Waals surface area contributed by atoms with E-state index in [1.165, 1.54) is 16.6 Å². The Morgan fingerprint density at radius 1 is 1.27 bits per heavy atom. The van der Waals surface area contributed by atoms with Crippen LogP contribution in [0.3, 0.4) is 0 Å². The van der Waals surface area contributed by atoms with Gasteiger partial charge in [-0.25, -0.2) is 8.42 Å². The van der Waals surface area contributed by atoms with E-state index in [1.54, 1.807) is 31.3 Å². The van der Waals surface area contributed by atoms with E-state index in [0.29, 0.717) is 35.6 Å². The van der Waals surface area contributed by atoms with E-state index < -0.39 is 15.9 Å². The molecular weight excluding hydrogens is 402 g/mol. The van der Waals surface area contributed by atoms with Crippen molar-refractivity contribution in [2.45, 2.75) is 23.7 Å². The quantitative estimate of drug-likeness (QED) is 0.756. The number of nitrogens with one attached hydrogen (secondary N) is 1. The molecule has 0 saturated carbocycles. The van der Waals surface area contributed by atoms with E-state index in [4.69, 9.17) is 5.26 Å². The third-order valence-electron chi connectivity index (χ3n) is 5.70. The first kappa shape index (κ1) is 20.5. The molecule has 0 radical (unpaired) electrons. The van der Waals surface area contributed by atoms with Crippen molar-refractivity contribution in [1.29, 1.82) is 5.26 Å². The SMILES string of the molecule is CN(CCN1CCCC1)S(=O)(=O)c1ccc(C2C(=O)Nc3ccc(C#N)cc32)nc1. The number of anilines is 1. The minimum absolute atomic E-state index is 0.0968. The Kier molecular flexibility index (Phi) is 5.56. The molecule has 3 heterocycles. The van der Waals surface area contributed by atoms with Gasteiger partial charge in [-0.15, -0.1) is 0 Å². The molecule has 1 aromatic carbocycles. The molecule has 1 amide bonds. The number of likely N-dealkylation sites (tertiary alicyclic amines) is 1. The molecule has 0 spiro atoms. The standard InChI is InChI=1S/C21H23N5O3S/c1-25(10-11-26-8-2-3-9-26)30(28,29)16-5-7-19(23-14-16)20-17-12-15(13-22)4-6-18(17)24-21(20)27/h4-7,12,14,20H,2-3,8-11H2,1H3,(H,24,27). The molecule has 2 aromatic rings. The molecular formula is C21H23N5O3S. The normalized spacial score (nSPS) is 19.0. The van der Waals surface area contributed by atoms with E-state index in [0.717, 1.165) is 25.9 Å². The summed E-state index contributed by atoms with van der Waals surface area (Å²) in [6, 6.07) is 10.1. The number of nitriles is 1. The monoisotopic (exact) mass is 425 g/mol. The van der Waals surface area contributed by atoms with Crippen molar-refractivity contribution in [1.82, 2.24) is 14.2 Å². The maximum absolute atomic E-state index is 12.9. The van der Waals surface area contributed by atoms with Crippen molar-refractivity contribution in [2.75, 3.05) is 38.5 Å². The van der Waals surface area contributed by atoms with Crippen LogP contribution in [0, 0.1) is 11.3 Å². The van der Waals surface area contributed by atoms with Gasteiger partial charge in [0.25, 0.3) is 0 Å². The lowest BCUT2D eigenvalue weighted by atomic mass is 9.95. The number of nitrogens with zero attached hydrogens (tertiary/aromatic N) is 4. The van der Waals surface area contributed by atoms with Crippen LogP contribution in [-0.2, 0) is 14.8 Å². The molecule has 8 nitrogen and oxygen atoms in total. The third kappa shape index (κ3) is 3.81. The Morgan fingerprint density at radius 2 is 2.03 bits per heavy atom. The summed E-state index contributed by atoms with van der Waals surface area (Å²) in [6.07, 6.45) is 3.63. The fourth-order valence-corrected chi connectivity index (χ4v) is 5.04. The van der Waals surface area contributed by atoms with Crippen LogP contribution in [0.2, 0.25) is 0 Å². The summed E-state index contributed by atoms with van der Waals surface area (Å²) in [5.41, 5.74) is 2.21. The zero-order chi connectivity index (χ0) is 21.3. The fourth-order valence-electron chi connectivity index (χ4n) is 3.93. The van der Waals surface area contributed by atoms with Gasteiger partial charge in [-0.1, -0.05) is 0 Å². The van der Waals surface area contributed by atoms with Gasteiger partial charge in [0.05, 0.1) is 17.3 Å². The number of likely N-dealkylation sites (N-methyl/N-ethyl adjacent to an activating group) is 1. The number of carbonyl (C=O) groups is 1. The van der Waals surface area contributed by atoms with Crippen LogP contribution in [0.5, 0.6) is 0 Å². The molecule has 0 bridgehead atoms. The van der Waals surface area contributed by atoms with Crippen LogP contribution in [0.25, 0.3) is 0 Å². The van der Waals surface area contributed by atoms with Crippen LogP contribution in [-0.4, -0.2) is 61.7 Å². The average molecular weight is 426 g/mol. The number of fused-ring (bicyclic) bond motifs is 1. The largest absolute Gasteiger partial charge is 0.325 e. The minimum Gasteiger partial charge on any atom is -0.325 e. The number of carbonyl (C=O) groups excluding carboxylic acids is 1. The number of hydrogen-bond donors (Lipinski definition) is 1. The highest BCUT2D eigenvalue weighted by Crippen LogP contribution is 2.37. The van der Waals surface area contributed by atoms with Crippen LogP contribution < -0.4 is 5.32 Å². The Balaban J connectivity index is 1.53. The Labute approximate surface area is 176 Å². The molecule has 1 unspecified atom stereocenters. The number of hydrogen-bond acceptors (Lipinski definition) is 6. The number of aromatic nitrogens is 1. The van der Waals surface area contributed by atoms with E-state index in [1.807, 2.05) is 0 Å². The second-order valence-electron chi connectivity index (χ2n) is 7.63. The van der Waals surface area contributed by atoms with E-state index in [-0.39, 0.29) is 10.8 Å². The first-order chi connectivity index (χ1) is 14.4. The molecule has 4 rings (SSSR count). The third-order valence-corrected chi connectivity index (χ3v) is 7.55. The summed E-state index contributed by atoms with van der Waals surface area (Å²) in [7, 11) is -2.08. The number of amides is 1. The molecule has 1 atom stereocenters. The summed E-state index contributed by atoms with van der Waals surface area (Å²) in [6.45, 7) is 3.16. The summed E-state index contributed by atoms with van der Waals surface area (Å²) >= 11 is 0. The smallest absolute Gasteiger partial charge is 0.244 e. The maximum atomic E-state index is 12.9. The molecule has 1 N–H and O–H groups in total. The van der Waals surface area contributed by atoms with Gasteiger partial charge in [-0.05, 0) is 61.8 Å². The van der Waals surface area contributed by atoms with Gasteiger partial charge in [-0.2, -0.15) is 9.57 Å². The van der Waals surface area contributed by atoms with Crippen LogP contribution in [0.1, 0.15) is 35.6 Å². The highest BCUT2D eigenvalue weighted by atomic mass is 32.2. The van der Waals surface area contributed by atoms with Crippen molar-refractivity contribution in [2.24, 2.45) is 0 Å². The van der Waals surface area contributed by atoms with Crippen molar-refractivity contribution in [3.8, 4) is 6.07 Å². The van der Waals surface area contributed by atoms with Gasteiger partial charge < -0.3 is 10.2 Å². The summed E-state index contributed by atoms with van der Waals surface area (Å²) in [4.78, 5) is 19.1. The summed E-state index contributed by atoms with van der Waals surface area (Å²) in [5.74, 6) is -0.913. The lowest BCUT2D eigenvalue weighted by molar-refractivity contribution is -0.116. The molecule has 9 heteroatoms. The minimum atomic E-state index is -3.66. The van der Waals surface area contributed by atoms with Gasteiger partial charge in [-0.3, -0.25) is 9.78 Å². The van der Waals surface area contributed by atoms with E-state index in [2.05, 4.69) is 21.3 Å². The second-order valence-corrected chi connectivity index (χ2v) is 9.68. The van der Waals surface area contributed by atoms with Gasteiger partial charge in [0.1, 0.15) is 10.8 Å². The zero-order valence-electron chi connectivity index (χ0n) is 16.7. The molecule has 156 valence electrons. The molecule has 1 fully saturated rings. The van der Waals surface area contributed by atoms with Crippen molar-refractivity contribution >= 4 is 21.6 Å². The molecule has 1 aromatic heterocycles. The number of sulfonamides is 1. The van der Waals surface area contributed by atoms with Crippen LogP contribution >= 0.6 is 0 Å². The van der Waals surface area contributed by atoms with Crippen molar-refractivity contribution < 1.29 is 13.2 Å². The average Bonchev–Trinajstić information content (AvgIpc) is 3.38. The number of benzene rings is 1. The number of rotatable bonds is 6. The fraction of sp³-hybridized carbons (Fsp3) is 0.381. The van der Waals surface area contributed by atoms with E-state index in [9.17, 15) is 13.2 Å². The van der Waals surface area contributed by atoms with Gasteiger partial charge in [0.2, 0.25) is 15.9 Å². The zero-order valence-corrected chi connectivity index (χ0v) is 17.5. The predicted molar refractivity (Wildman–Crippen MR) is 111 cm³/mol. The first-order valence-corrected chi connectivity index (χ1v) is 11.3. The Morgan fingerprint density at radius 3 is 2.70 bits per heavy atom. The number of pyridine rings is 1.